The fourth-order valence-electron chi connectivity index (χ4n) is 2.30. The molecule has 2 N–H and O–H groups in total. The summed E-state index contributed by atoms with van der Waals surface area (Å²) in [6, 6.07) is 5.08. The fraction of sp³-hybridized carbons (Fsp3) is 0.500. The van der Waals surface area contributed by atoms with Crippen LogP contribution in [0.1, 0.15) is 42.5 Å². The molecule has 0 aliphatic rings. The Balaban J connectivity index is 0.00000338. The molecule has 0 amide bonds. The minimum absolute atomic E-state index is 0. The van der Waals surface area contributed by atoms with E-state index in [-0.39, 0.29) is 29.8 Å². The summed E-state index contributed by atoms with van der Waals surface area (Å²) < 4.78 is 15.3. The Hall–Kier alpha value is -1.71. The van der Waals surface area contributed by atoms with Gasteiger partial charge in [0.05, 0.1) is 13.1 Å². The van der Waals surface area contributed by atoms with Gasteiger partial charge < -0.3 is 15.2 Å². The van der Waals surface area contributed by atoms with E-state index in [1.807, 2.05) is 24.6 Å². The lowest BCUT2D eigenvalue weighted by Gasteiger charge is -2.12. The predicted molar refractivity (Wildman–Crippen MR) is 113 cm³/mol. The summed E-state index contributed by atoms with van der Waals surface area (Å²) in [6.45, 7) is 7.70. The van der Waals surface area contributed by atoms with E-state index in [2.05, 4.69) is 32.7 Å². The van der Waals surface area contributed by atoms with Crippen molar-refractivity contribution in [2.75, 3.05) is 6.54 Å². The van der Waals surface area contributed by atoms with Gasteiger partial charge in [-0.15, -0.1) is 34.2 Å². The Morgan fingerprint density at radius 1 is 1.23 bits per heavy atom. The van der Waals surface area contributed by atoms with Crippen LogP contribution in [0, 0.1) is 19.7 Å². The number of rotatable bonds is 7. The lowest BCUT2D eigenvalue weighted by molar-refractivity contribution is 0.617. The van der Waals surface area contributed by atoms with Crippen molar-refractivity contribution in [3.8, 4) is 0 Å². The summed E-state index contributed by atoms with van der Waals surface area (Å²) >= 11 is 0. The molecule has 0 aliphatic carbocycles. The second-order valence-corrected chi connectivity index (χ2v) is 6.10. The van der Waals surface area contributed by atoms with Gasteiger partial charge in [-0.05, 0) is 37.5 Å². The zero-order valence-corrected chi connectivity index (χ0v) is 18.2. The van der Waals surface area contributed by atoms with E-state index >= 15 is 0 Å². The first kappa shape index (κ1) is 22.3. The van der Waals surface area contributed by atoms with Crippen molar-refractivity contribution in [1.82, 2.24) is 25.4 Å². The van der Waals surface area contributed by atoms with Gasteiger partial charge in [0.15, 0.2) is 11.8 Å². The number of unbranched alkanes of at least 4 members (excludes halogenated alkanes) is 1. The summed E-state index contributed by atoms with van der Waals surface area (Å²) in [5.41, 5.74) is 1.61. The van der Waals surface area contributed by atoms with Gasteiger partial charge in [-0.25, -0.2) is 9.38 Å². The maximum absolute atomic E-state index is 13.4. The van der Waals surface area contributed by atoms with E-state index in [9.17, 15) is 4.39 Å². The van der Waals surface area contributed by atoms with Crippen molar-refractivity contribution < 1.29 is 4.39 Å². The smallest absolute Gasteiger partial charge is 0.191 e. The molecule has 8 heteroatoms. The highest BCUT2D eigenvalue weighted by Gasteiger charge is 2.06. The van der Waals surface area contributed by atoms with Crippen LogP contribution in [0.2, 0.25) is 0 Å². The summed E-state index contributed by atoms with van der Waals surface area (Å²) in [5, 5.41) is 14.8. The van der Waals surface area contributed by atoms with Crippen LogP contribution in [0.25, 0.3) is 0 Å². The normalized spacial score (nSPS) is 11.2. The Morgan fingerprint density at radius 3 is 2.62 bits per heavy atom. The van der Waals surface area contributed by atoms with Crippen molar-refractivity contribution in [3.05, 3.63) is 46.8 Å². The van der Waals surface area contributed by atoms with E-state index < -0.39 is 0 Å². The number of hydrogen-bond acceptors (Lipinski definition) is 3. The Bertz CT molecular complexity index is 728. The molecule has 6 nitrogen and oxygen atoms in total. The summed E-state index contributed by atoms with van der Waals surface area (Å²) in [5.74, 6) is 2.25. The standard InChI is InChI=1S/C18H27FN6.HI/c1-5-6-9-20-18(22-12-17-24-23-14(3)25(17)4)21-11-15-7-8-16(19)13(2)10-15;/h7-8,10H,5-6,9,11-12H2,1-4H3,(H2,20,21,22);1H. The average molecular weight is 474 g/mol. The highest BCUT2D eigenvalue weighted by molar-refractivity contribution is 14.0. The summed E-state index contributed by atoms with van der Waals surface area (Å²) in [7, 11) is 1.94. The second-order valence-electron chi connectivity index (χ2n) is 6.10. The molecule has 0 saturated heterocycles. The largest absolute Gasteiger partial charge is 0.356 e. The molecule has 26 heavy (non-hydrogen) atoms. The van der Waals surface area contributed by atoms with E-state index in [0.29, 0.717) is 18.7 Å². The molecule has 0 atom stereocenters. The van der Waals surface area contributed by atoms with Gasteiger partial charge in [-0.2, -0.15) is 0 Å². The number of guanidine groups is 1. The molecule has 0 saturated carbocycles. The number of hydrogen-bond donors (Lipinski definition) is 2. The molecule has 0 bridgehead atoms. The lowest BCUT2D eigenvalue weighted by Crippen LogP contribution is -2.38. The zero-order chi connectivity index (χ0) is 18.2. The minimum atomic E-state index is -0.190. The summed E-state index contributed by atoms with van der Waals surface area (Å²) in [4.78, 5) is 4.60. The minimum Gasteiger partial charge on any atom is -0.356 e. The maximum atomic E-state index is 13.4. The van der Waals surface area contributed by atoms with Crippen LogP contribution in [-0.2, 0) is 20.1 Å². The Labute approximate surface area is 171 Å². The van der Waals surface area contributed by atoms with Crippen molar-refractivity contribution >= 4 is 29.9 Å². The number of benzene rings is 1. The molecule has 1 aromatic carbocycles. The Kier molecular flexibility index (Phi) is 9.53. The molecule has 0 radical (unpaired) electrons. The fourth-order valence-corrected chi connectivity index (χ4v) is 2.30. The topological polar surface area (TPSA) is 67.1 Å². The number of aliphatic imine (C=N–C) groups is 1. The van der Waals surface area contributed by atoms with Gasteiger partial charge in [0.1, 0.15) is 11.6 Å². The number of nitrogens with one attached hydrogen (secondary N) is 2. The predicted octanol–water partition coefficient (Wildman–Crippen LogP) is 3.22. The number of aryl methyl sites for hydroxylation is 2. The van der Waals surface area contributed by atoms with Crippen molar-refractivity contribution in [1.29, 1.82) is 0 Å². The molecule has 1 heterocycles. The first-order chi connectivity index (χ1) is 12.0. The van der Waals surface area contributed by atoms with E-state index in [1.165, 1.54) is 6.07 Å². The SMILES string of the molecule is CCCCNC(=NCc1ccc(F)c(C)c1)NCc1nnc(C)n1C.I. The molecule has 2 aromatic rings. The van der Waals surface area contributed by atoms with Crippen LogP contribution in [0.4, 0.5) is 4.39 Å². The molecule has 0 fully saturated rings. The van der Waals surface area contributed by atoms with Crippen molar-refractivity contribution in [3.63, 3.8) is 0 Å². The third-order valence-electron chi connectivity index (χ3n) is 4.06. The molecule has 0 spiro atoms. The molecular weight excluding hydrogens is 446 g/mol. The first-order valence-electron chi connectivity index (χ1n) is 8.63. The van der Waals surface area contributed by atoms with Gasteiger partial charge in [-0.3, -0.25) is 0 Å². The van der Waals surface area contributed by atoms with Crippen LogP contribution in [0.3, 0.4) is 0 Å². The van der Waals surface area contributed by atoms with Gasteiger partial charge in [0.2, 0.25) is 0 Å². The zero-order valence-electron chi connectivity index (χ0n) is 15.8. The third kappa shape index (κ3) is 6.54. The molecule has 0 unspecified atom stereocenters. The average Bonchev–Trinajstić information content (AvgIpc) is 2.92. The second kappa shape index (κ2) is 11.1. The number of nitrogens with zero attached hydrogens (tertiary/aromatic N) is 4. The molecule has 2 rings (SSSR count). The van der Waals surface area contributed by atoms with Crippen molar-refractivity contribution in [2.24, 2.45) is 12.0 Å². The Morgan fingerprint density at radius 2 is 2.00 bits per heavy atom. The number of halogens is 2. The highest BCUT2D eigenvalue weighted by Crippen LogP contribution is 2.10. The van der Waals surface area contributed by atoms with E-state index in [4.69, 9.17) is 0 Å². The van der Waals surface area contributed by atoms with Crippen LogP contribution in [0.15, 0.2) is 23.2 Å². The quantitative estimate of drug-likeness (QED) is 0.280. The number of aromatic nitrogens is 3. The lowest BCUT2D eigenvalue weighted by atomic mass is 10.1. The van der Waals surface area contributed by atoms with Gasteiger partial charge in [0, 0.05) is 13.6 Å². The monoisotopic (exact) mass is 474 g/mol. The summed E-state index contributed by atoms with van der Waals surface area (Å²) in [6.07, 6.45) is 2.18. The molecule has 0 aliphatic heterocycles. The van der Waals surface area contributed by atoms with Gasteiger partial charge in [-0.1, -0.05) is 25.5 Å². The van der Waals surface area contributed by atoms with Crippen LogP contribution >= 0.6 is 24.0 Å². The first-order valence-corrected chi connectivity index (χ1v) is 8.63. The van der Waals surface area contributed by atoms with Gasteiger partial charge >= 0.3 is 0 Å². The molecule has 144 valence electrons. The molecule has 1 aromatic heterocycles. The maximum Gasteiger partial charge on any atom is 0.191 e. The van der Waals surface area contributed by atoms with Crippen molar-refractivity contribution in [2.45, 2.75) is 46.7 Å². The van der Waals surface area contributed by atoms with Crippen LogP contribution < -0.4 is 10.6 Å². The van der Waals surface area contributed by atoms with E-state index in [1.54, 1.807) is 13.0 Å². The molecular formula is C18H28FIN6. The van der Waals surface area contributed by atoms with Gasteiger partial charge in [0.25, 0.3) is 0 Å². The highest BCUT2D eigenvalue weighted by atomic mass is 127. The van der Waals surface area contributed by atoms with E-state index in [0.717, 1.165) is 42.6 Å². The third-order valence-corrected chi connectivity index (χ3v) is 4.06. The van der Waals surface area contributed by atoms with Crippen LogP contribution in [-0.4, -0.2) is 27.3 Å². The van der Waals surface area contributed by atoms with Crippen LogP contribution in [0.5, 0.6) is 0 Å².